The van der Waals surface area contributed by atoms with Crippen molar-refractivity contribution in [1.29, 1.82) is 0 Å². The molecule has 10 heteroatoms. The van der Waals surface area contributed by atoms with Gasteiger partial charge in [0.2, 0.25) is 0 Å². The SMILES string of the molecule is Cn1c2c(c3ccccc31)C=C(C(=O)N1CCCC1)N([O-])C2=C1c2c(c3ccccc3n2C)C=C(C(=O)N2CCCC2)[N+]1=O. The Balaban J connectivity index is 1.46. The molecule has 2 saturated heterocycles. The zero-order valence-electron chi connectivity index (χ0n) is 24.7. The first-order valence-electron chi connectivity index (χ1n) is 15.2. The van der Waals surface area contributed by atoms with Crippen LogP contribution < -0.4 is 0 Å². The van der Waals surface area contributed by atoms with Gasteiger partial charge in [0, 0.05) is 84.2 Å². The smallest absolute Gasteiger partial charge is 0.328 e. The van der Waals surface area contributed by atoms with Crippen LogP contribution in [0.15, 0.2) is 59.9 Å². The molecular weight excluding hydrogens is 556 g/mol. The Morgan fingerprint density at radius 3 is 1.80 bits per heavy atom. The number of carbonyl (C=O) groups is 2. The van der Waals surface area contributed by atoms with Crippen molar-refractivity contribution in [1.82, 2.24) is 24.0 Å². The number of fused-ring (bicyclic) bond motifs is 6. The molecule has 4 aromatic rings. The fourth-order valence-corrected chi connectivity index (χ4v) is 7.41. The first kappa shape index (κ1) is 26.7. The maximum absolute atomic E-state index is 14.7. The summed E-state index contributed by atoms with van der Waals surface area (Å²) in [6.45, 7) is 2.32. The highest BCUT2D eigenvalue weighted by molar-refractivity contribution is 6.11. The lowest BCUT2D eigenvalue weighted by Crippen LogP contribution is -2.37. The average Bonchev–Trinajstić information content (AvgIpc) is 3.86. The van der Waals surface area contributed by atoms with E-state index in [4.69, 9.17) is 0 Å². The van der Waals surface area contributed by atoms with Crippen LogP contribution in [0.1, 0.15) is 48.2 Å². The predicted octanol–water partition coefficient (Wildman–Crippen LogP) is 5.03. The highest BCUT2D eigenvalue weighted by Crippen LogP contribution is 2.47. The van der Waals surface area contributed by atoms with Gasteiger partial charge >= 0.3 is 17.3 Å². The van der Waals surface area contributed by atoms with E-state index < -0.39 is 0 Å². The molecule has 0 bridgehead atoms. The monoisotopic (exact) mass is 588 g/mol. The third kappa shape index (κ3) is 3.64. The molecular formula is C34H32N6O4. The van der Waals surface area contributed by atoms with Crippen molar-refractivity contribution in [3.8, 4) is 0 Å². The van der Waals surface area contributed by atoms with Crippen LogP contribution in [0.3, 0.4) is 0 Å². The lowest BCUT2D eigenvalue weighted by Gasteiger charge is -2.38. The van der Waals surface area contributed by atoms with Gasteiger partial charge in [-0.1, -0.05) is 36.4 Å². The Bertz CT molecular complexity index is 2030. The molecule has 0 atom stereocenters. The maximum Gasteiger partial charge on any atom is 0.328 e. The van der Waals surface area contributed by atoms with Gasteiger partial charge in [-0.2, -0.15) is 0 Å². The minimum absolute atomic E-state index is 0.0334. The second kappa shape index (κ2) is 9.78. The molecule has 0 radical (unpaired) electrons. The van der Waals surface area contributed by atoms with Crippen LogP contribution in [0.5, 0.6) is 0 Å². The van der Waals surface area contributed by atoms with Gasteiger partial charge < -0.3 is 29.2 Å². The van der Waals surface area contributed by atoms with E-state index in [1.807, 2.05) is 71.8 Å². The van der Waals surface area contributed by atoms with Gasteiger partial charge in [-0.3, -0.25) is 9.59 Å². The number of hydrogen-bond donors (Lipinski definition) is 0. The van der Waals surface area contributed by atoms with Gasteiger partial charge in [0.1, 0.15) is 11.4 Å². The van der Waals surface area contributed by atoms with E-state index >= 15 is 0 Å². The van der Waals surface area contributed by atoms with E-state index in [1.54, 1.807) is 22.0 Å². The summed E-state index contributed by atoms with van der Waals surface area (Å²) < 4.78 is 4.44. The topological polar surface area (TPSA) is 96.9 Å². The van der Waals surface area contributed by atoms with Gasteiger partial charge in [-0.25, -0.2) is 0 Å². The number of likely N-dealkylation sites (tertiary alicyclic amines) is 2. The van der Waals surface area contributed by atoms with E-state index in [2.05, 4.69) is 0 Å². The fraction of sp³-hybridized carbons (Fsp3) is 0.294. The highest BCUT2D eigenvalue weighted by atomic mass is 16.5. The van der Waals surface area contributed by atoms with E-state index in [1.165, 1.54) is 0 Å². The normalized spacial score (nSPS) is 20.0. The number of hydrogen-bond acceptors (Lipinski definition) is 5. The van der Waals surface area contributed by atoms with Crippen molar-refractivity contribution in [3.05, 3.63) is 92.6 Å². The maximum atomic E-state index is 14.7. The summed E-state index contributed by atoms with van der Waals surface area (Å²) in [6.07, 6.45) is 6.86. The Labute approximate surface area is 253 Å². The molecule has 0 aliphatic carbocycles. The Hall–Kier alpha value is -4.96. The zero-order valence-corrected chi connectivity index (χ0v) is 24.7. The van der Waals surface area contributed by atoms with Crippen molar-refractivity contribution in [3.63, 3.8) is 0 Å². The number of carbonyl (C=O) groups excluding carboxylic acids is 2. The molecule has 4 aliphatic heterocycles. The molecule has 2 aromatic carbocycles. The number of hydroxylamine groups is 2. The summed E-state index contributed by atoms with van der Waals surface area (Å²) in [5, 5.41) is 17.0. The number of amides is 2. The predicted molar refractivity (Wildman–Crippen MR) is 169 cm³/mol. The minimum Gasteiger partial charge on any atom is -0.753 e. The first-order valence-corrected chi connectivity index (χ1v) is 15.2. The number of rotatable bonds is 2. The number of aryl methyl sites for hydroxylation is 2. The van der Waals surface area contributed by atoms with Crippen LogP contribution in [0, 0.1) is 10.1 Å². The third-order valence-electron chi connectivity index (χ3n) is 9.60. The highest BCUT2D eigenvalue weighted by Gasteiger charge is 2.47. The average molecular weight is 589 g/mol. The van der Waals surface area contributed by atoms with Crippen molar-refractivity contribution in [2.45, 2.75) is 25.7 Å². The van der Waals surface area contributed by atoms with Crippen molar-refractivity contribution < 1.29 is 14.3 Å². The summed E-state index contributed by atoms with van der Waals surface area (Å²) in [4.78, 5) is 45.9. The van der Waals surface area contributed by atoms with Crippen LogP contribution in [0.25, 0.3) is 45.4 Å². The lowest BCUT2D eigenvalue weighted by molar-refractivity contribution is -0.393. The summed E-state index contributed by atoms with van der Waals surface area (Å²) in [5.74, 6) is -0.716. The van der Waals surface area contributed by atoms with Crippen molar-refractivity contribution in [2.24, 2.45) is 14.1 Å². The molecule has 0 unspecified atom stereocenters. The second-order valence-corrected chi connectivity index (χ2v) is 12.0. The number of nitrogens with zero attached hydrogens (tertiary/aromatic N) is 6. The molecule has 0 spiro atoms. The third-order valence-corrected chi connectivity index (χ3v) is 9.60. The summed E-state index contributed by atoms with van der Waals surface area (Å²) in [5.41, 5.74) is 4.25. The van der Waals surface area contributed by atoms with Crippen LogP contribution >= 0.6 is 0 Å². The largest absolute Gasteiger partial charge is 0.753 e. The van der Waals surface area contributed by atoms with E-state index in [0.717, 1.165) is 47.5 Å². The van der Waals surface area contributed by atoms with Gasteiger partial charge in [0.15, 0.2) is 0 Å². The molecule has 10 nitrogen and oxygen atoms in total. The van der Waals surface area contributed by atoms with Crippen LogP contribution in [-0.4, -0.2) is 66.8 Å². The molecule has 2 amide bonds. The van der Waals surface area contributed by atoms with Crippen molar-refractivity contribution >= 4 is 57.2 Å². The first-order chi connectivity index (χ1) is 21.4. The minimum atomic E-state index is -0.358. The summed E-state index contributed by atoms with van der Waals surface area (Å²) >= 11 is 0. The molecule has 4 aliphatic rings. The molecule has 0 N–H and O–H groups in total. The molecule has 2 fully saturated rings. The number of aromatic nitrogens is 2. The summed E-state index contributed by atoms with van der Waals surface area (Å²) in [6, 6.07) is 15.5. The molecule has 222 valence electrons. The molecule has 2 aromatic heterocycles. The number of para-hydroxylation sites is 2. The number of benzene rings is 2. The van der Waals surface area contributed by atoms with E-state index in [9.17, 15) is 19.7 Å². The molecule has 0 saturated carbocycles. The summed E-state index contributed by atoms with van der Waals surface area (Å²) in [7, 11) is 3.73. The lowest BCUT2D eigenvalue weighted by atomic mass is 9.97. The van der Waals surface area contributed by atoms with Crippen LogP contribution in [0.2, 0.25) is 0 Å². The Morgan fingerprint density at radius 2 is 1.20 bits per heavy atom. The molecule has 44 heavy (non-hydrogen) atoms. The molecule has 6 heterocycles. The van der Waals surface area contributed by atoms with Crippen molar-refractivity contribution in [2.75, 3.05) is 26.2 Å². The van der Waals surface area contributed by atoms with Crippen LogP contribution in [-0.2, 0) is 23.7 Å². The van der Waals surface area contributed by atoms with E-state index in [0.29, 0.717) is 58.5 Å². The zero-order chi connectivity index (χ0) is 30.3. The molecule has 8 rings (SSSR count). The number of nitroso groups, excluding NO2 is 1. The standard InChI is InChI=1S/C34H32N6O4/c1-35-25-13-5-3-11-21(25)23-19-27(33(41)37-15-7-8-16-37)39(43)31(29(23)35)32-30-24(22-12-4-6-14-26(22)36(30)2)20-28(40(32)44)34(42)38-17-9-10-18-38/h3-6,11-14,19-20H,7-10,15-18H2,1-2H3. The quantitative estimate of drug-likeness (QED) is 0.306. The van der Waals surface area contributed by atoms with Gasteiger partial charge in [-0.05, 0) is 43.9 Å². The van der Waals surface area contributed by atoms with Crippen LogP contribution in [0.4, 0.5) is 0 Å². The van der Waals surface area contributed by atoms with E-state index in [-0.39, 0.29) is 34.6 Å². The second-order valence-electron chi connectivity index (χ2n) is 12.0. The van der Waals surface area contributed by atoms with Gasteiger partial charge in [0.05, 0.1) is 16.2 Å². The van der Waals surface area contributed by atoms with Gasteiger partial charge in [0.25, 0.3) is 5.91 Å². The Kier molecular flexibility index (Phi) is 5.93. The fourth-order valence-electron chi connectivity index (χ4n) is 7.41. The Morgan fingerprint density at radius 1 is 0.705 bits per heavy atom. The van der Waals surface area contributed by atoms with Gasteiger partial charge in [-0.15, -0.1) is 0 Å².